The van der Waals surface area contributed by atoms with Crippen LogP contribution in [0.2, 0.25) is 0 Å². The van der Waals surface area contributed by atoms with Gasteiger partial charge in [-0.25, -0.2) is 8.42 Å². The number of anilines is 2. The van der Waals surface area contributed by atoms with E-state index in [4.69, 9.17) is 4.74 Å². The summed E-state index contributed by atoms with van der Waals surface area (Å²) in [5.74, 6) is 0.191. The third-order valence-corrected chi connectivity index (χ3v) is 6.26. The van der Waals surface area contributed by atoms with E-state index in [9.17, 15) is 13.2 Å². The predicted molar refractivity (Wildman–Crippen MR) is 119 cm³/mol. The quantitative estimate of drug-likeness (QED) is 0.602. The molecule has 1 amide bonds. The van der Waals surface area contributed by atoms with E-state index in [-0.39, 0.29) is 10.8 Å². The van der Waals surface area contributed by atoms with Gasteiger partial charge in [0.05, 0.1) is 23.4 Å². The summed E-state index contributed by atoms with van der Waals surface area (Å²) in [5, 5.41) is 2.80. The summed E-state index contributed by atoms with van der Waals surface area (Å²) in [6.07, 6.45) is 0. The van der Waals surface area contributed by atoms with Crippen molar-refractivity contribution in [1.29, 1.82) is 0 Å². The van der Waals surface area contributed by atoms with Crippen molar-refractivity contribution in [2.45, 2.75) is 25.7 Å². The standard InChI is InChI=1S/C23H24N2O4S/c1-15-8-13-22(29-4)21(14-15)24-23(26)18-9-11-19(12-10-18)30(27,28)25-20-7-5-6-16(2)17(20)3/h5-14,25H,1-4H3,(H,24,26). The number of carbonyl (C=O) groups excluding carboxylic acids is 1. The minimum absolute atomic E-state index is 0.0769. The fourth-order valence-electron chi connectivity index (χ4n) is 2.96. The van der Waals surface area contributed by atoms with Crippen molar-refractivity contribution in [3.63, 3.8) is 0 Å². The van der Waals surface area contributed by atoms with Crippen LogP contribution in [0.1, 0.15) is 27.0 Å². The Kier molecular flexibility index (Phi) is 6.12. The van der Waals surface area contributed by atoms with Crippen molar-refractivity contribution >= 4 is 27.3 Å². The van der Waals surface area contributed by atoms with Crippen LogP contribution in [0, 0.1) is 20.8 Å². The molecular weight excluding hydrogens is 400 g/mol. The van der Waals surface area contributed by atoms with Crippen LogP contribution >= 0.6 is 0 Å². The van der Waals surface area contributed by atoms with Gasteiger partial charge in [-0.05, 0) is 79.9 Å². The van der Waals surface area contributed by atoms with E-state index in [1.54, 1.807) is 18.2 Å². The van der Waals surface area contributed by atoms with Gasteiger partial charge in [-0.1, -0.05) is 18.2 Å². The second-order valence-electron chi connectivity index (χ2n) is 7.04. The molecule has 3 rings (SSSR count). The van der Waals surface area contributed by atoms with Crippen molar-refractivity contribution in [1.82, 2.24) is 0 Å². The van der Waals surface area contributed by atoms with E-state index in [0.717, 1.165) is 16.7 Å². The molecule has 0 fully saturated rings. The van der Waals surface area contributed by atoms with Crippen LogP contribution in [0.3, 0.4) is 0 Å². The van der Waals surface area contributed by atoms with Gasteiger partial charge in [0, 0.05) is 5.56 Å². The van der Waals surface area contributed by atoms with Crippen LogP contribution in [0.4, 0.5) is 11.4 Å². The number of amides is 1. The first-order valence-electron chi connectivity index (χ1n) is 9.36. The van der Waals surface area contributed by atoms with E-state index < -0.39 is 10.0 Å². The molecule has 0 saturated heterocycles. The average molecular weight is 425 g/mol. The molecule has 0 aliphatic carbocycles. The predicted octanol–water partition coefficient (Wildman–Crippen LogP) is 4.67. The topological polar surface area (TPSA) is 84.5 Å². The minimum Gasteiger partial charge on any atom is -0.495 e. The van der Waals surface area contributed by atoms with E-state index >= 15 is 0 Å². The Hall–Kier alpha value is -3.32. The Balaban J connectivity index is 1.79. The number of methoxy groups -OCH3 is 1. The molecule has 3 aromatic carbocycles. The molecule has 0 unspecified atom stereocenters. The first-order chi connectivity index (χ1) is 14.2. The van der Waals surface area contributed by atoms with Gasteiger partial charge >= 0.3 is 0 Å². The Labute approximate surface area is 177 Å². The van der Waals surface area contributed by atoms with Gasteiger partial charge in [0.25, 0.3) is 15.9 Å². The molecule has 7 heteroatoms. The second kappa shape index (κ2) is 8.59. The highest BCUT2D eigenvalue weighted by Crippen LogP contribution is 2.26. The molecule has 30 heavy (non-hydrogen) atoms. The van der Waals surface area contributed by atoms with Crippen molar-refractivity contribution < 1.29 is 17.9 Å². The monoisotopic (exact) mass is 424 g/mol. The number of carbonyl (C=O) groups is 1. The number of hydrogen-bond acceptors (Lipinski definition) is 4. The molecule has 156 valence electrons. The second-order valence-corrected chi connectivity index (χ2v) is 8.72. The van der Waals surface area contributed by atoms with E-state index in [0.29, 0.717) is 22.7 Å². The van der Waals surface area contributed by atoms with Crippen molar-refractivity contribution in [2.24, 2.45) is 0 Å². The van der Waals surface area contributed by atoms with Crippen LogP contribution in [0.25, 0.3) is 0 Å². The third-order valence-electron chi connectivity index (χ3n) is 4.88. The summed E-state index contributed by atoms with van der Waals surface area (Å²) in [7, 11) is -2.24. The maximum absolute atomic E-state index is 12.7. The molecule has 0 radical (unpaired) electrons. The number of sulfonamides is 1. The van der Waals surface area contributed by atoms with Gasteiger partial charge in [-0.15, -0.1) is 0 Å². The highest BCUT2D eigenvalue weighted by Gasteiger charge is 2.17. The van der Waals surface area contributed by atoms with Gasteiger partial charge < -0.3 is 10.1 Å². The lowest BCUT2D eigenvalue weighted by Gasteiger charge is -2.13. The summed E-state index contributed by atoms with van der Waals surface area (Å²) in [6, 6.07) is 16.7. The molecule has 0 aliphatic heterocycles. The molecule has 0 aromatic heterocycles. The van der Waals surface area contributed by atoms with Gasteiger partial charge in [-0.2, -0.15) is 0 Å². The number of aryl methyl sites for hydroxylation is 2. The molecule has 0 bridgehead atoms. The highest BCUT2D eigenvalue weighted by molar-refractivity contribution is 7.92. The SMILES string of the molecule is COc1ccc(C)cc1NC(=O)c1ccc(S(=O)(=O)Nc2cccc(C)c2C)cc1. The Bertz CT molecular complexity index is 1190. The fourth-order valence-corrected chi connectivity index (χ4v) is 4.09. The number of benzene rings is 3. The molecular formula is C23H24N2O4S. The van der Waals surface area contributed by atoms with Gasteiger partial charge in [-0.3, -0.25) is 9.52 Å². The molecule has 0 atom stereocenters. The molecule has 0 spiro atoms. The number of nitrogens with one attached hydrogen (secondary N) is 2. The lowest BCUT2D eigenvalue weighted by molar-refractivity contribution is 0.102. The van der Waals surface area contributed by atoms with Gasteiger partial charge in [0.2, 0.25) is 0 Å². The molecule has 2 N–H and O–H groups in total. The molecule has 3 aromatic rings. The molecule has 6 nitrogen and oxygen atoms in total. The average Bonchev–Trinajstić information content (AvgIpc) is 2.71. The van der Waals surface area contributed by atoms with E-state index in [2.05, 4.69) is 10.0 Å². The minimum atomic E-state index is -3.77. The zero-order valence-electron chi connectivity index (χ0n) is 17.3. The number of rotatable bonds is 6. The zero-order chi connectivity index (χ0) is 21.9. The van der Waals surface area contributed by atoms with Crippen LogP contribution < -0.4 is 14.8 Å². The van der Waals surface area contributed by atoms with Gasteiger partial charge in [0.15, 0.2) is 0 Å². The smallest absolute Gasteiger partial charge is 0.261 e. The Morgan fingerprint density at radius 3 is 2.27 bits per heavy atom. The first-order valence-corrected chi connectivity index (χ1v) is 10.8. The number of ether oxygens (including phenoxy) is 1. The van der Waals surface area contributed by atoms with E-state index in [1.807, 2.05) is 39.0 Å². The van der Waals surface area contributed by atoms with Crippen molar-refractivity contribution in [2.75, 3.05) is 17.1 Å². The zero-order valence-corrected chi connectivity index (χ0v) is 18.1. The lowest BCUT2D eigenvalue weighted by atomic mass is 10.1. The summed E-state index contributed by atoms with van der Waals surface area (Å²) in [6.45, 7) is 5.70. The van der Waals surface area contributed by atoms with Crippen LogP contribution in [-0.4, -0.2) is 21.4 Å². The lowest BCUT2D eigenvalue weighted by Crippen LogP contribution is -2.15. The van der Waals surface area contributed by atoms with Crippen LogP contribution in [0.15, 0.2) is 65.6 Å². The van der Waals surface area contributed by atoms with Gasteiger partial charge in [0.1, 0.15) is 5.75 Å². The summed E-state index contributed by atoms with van der Waals surface area (Å²) in [5.41, 5.74) is 4.26. The highest BCUT2D eigenvalue weighted by atomic mass is 32.2. The van der Waals surface area contributed by atoms with Crippen LogP contribution in [-0.2, 0) is 10.0 Å². The summed E-state index contributed by atoms with van der Waals surface area (Å²) >= 11 is 0. The maximum atomic E-state index is 12.7. The molecule has 0 aliphatic rings. The normalized spacial score (nSPS) is 11.1. The van der Waals surface area contributed by atoms with Crippen molar-refractivity contribution in [3.8, 4) is 5.75 Å². The summed E-state index contributed by atoms with van der Waals surface area (Å²) in [4.78, 5) is 12.7. The number of hydrogen-bond donors (Lipinski definition) is 2. The molecule has 0 saturated carbocycles. The maximum Gasteiger partial charge on any atom is 0.261 e. The first kappa shape index (κ1) is 21.4. The fraction of sp³-hybridized carbons (Fsp3) is 0.174. The van der Waals surface area contributed by atoms with Crippen molar-refractivity contribution in [3.05, 3.63) is 82.9 Å². The Morgan fingerprint density at radius 2 is 1.60 bits per heavy atom. The van der Waals surface area contributed by atoms with E-state index in [1.165, 1.54) is 31.4 Å². The third kappa shape index (κ3) is 4.63. The summed E-state index contributed by atoms with van der Waals surface area (Å²) < 4.78 is 33.3. The Morgan fingerprint density at radius 1 is 0.900 bits per heavy atom. The van der Waals surface area contributed by atoms with Crippen LogP contribution in [0.5, 0.6) is 5.75 Å². The largest absolute Gasteiger partial charge is 0.495 e. The molecule has 0 heterocycles.